The molecule has 4 heteroatoms. The number of hydrogen-bond acceptors (Lipinski definition) is 3. The zero-order valence-electron chi connectivity index (χ0n) is 14.6. The number of alkyl halides is 1. The summed E-state index contributed by atoms with van der Waals surface area (Å²) in [4.78, 5) is 0. The monoisotopic (exact) mass is 394 g/mol. The van der Waals surface area contributed by atoms with Gasteiger partial charge in [-0.05, 0) is 19.3 Å². The number of unbranched alkanes of at least 4 members (excludes halogenated alkanes) is 3. The van der Waals surface area contributed by atoms with E-state index in [0.717, 1.165) is 52.8 Å². The van der Waals surface area contributed by atoms with Crippen LogP contribution in [0, 0.1) is 0 Å². The number of ether oxygens (including phenoxy) is 3. The second-order valence-corrected chi connectivity index (χ2v) is 6.54. The highest BCUT2D eigenvalue weighted by Crippen LogP contribution is 2.41. The van der Waals surface area contributed by atoms with Gasteiger partial charge >= 0.3 is 0 Å². The van der Waals surface area contributed by atoms with Crippen molar-refractivity contribution in [2.75, 3.05) is 25.7 Å². The van der Waals surface area contributed by atoms with Gasteiger partial charge in [0.25, 0.3) is 0 Å². The number of fused-ring (bicyclic) bond motifs is 1. The summed E-state index contributed by atoms with van der Waals surface area (Å²) in [6.45, 7) is 3.50. The Morgan fingerprint density at radius 2 is 1.62 bits per heavy atom. The highest BCUT2D eigenvalue weighted by Gasteiger charge is 2.14. The Labute approximate surface area is 153 Å². The van der Waals surface area contributed by atoms with E-state index >= 15 is 0 Å². The lowest BCUT2D eigenvalue weighted by Crippen LogP contribution is -2.02. The summed E-state index contributed by atoms with van der Waals surface area (Å²) >= 11 is 3.47. The first-order chi connectivity index (χ1) is 11.8. The van der Waals surface area contributed by atoms with Gasteiger partial charge in [-0.15, -0.1) is 0 Å². The number of benzene rings is 2. The molecule has 0 spiro atoms. The van der Waals surface area contributed by atoms with Gasteiger partial charge in [0.05, 0.1) is 20.3 Å². The van der Waals surface area contributed by atoms with Crippen molar-refractivity contribution in [3.63, 3.8) is 0 Å². The van der Waals surface area contributed by atoms with Crippen LogP contribution in [-0.4, -0.2) is 25.7 Å². The molecular weight excluding hydrogens is 368 g/mol. The summed E-state index contributed by atoms with van der Waals surface area (Å²) in [6, 6.07) is 10.1. The van der Waals surface area contributed by atoms with Crippen molar-refractivity contribution in [2.45, 2.75) is 39.0 Å². The van der Waals surface area contributed by atoms with Crippen LogP contribution >= 0.6 is 15.9 Å². The minimum absolute atomic E-state index is 0.675. The molecule has 0 saturated carbocycles. The van der Waals surface area contributed by atoms with E-state index in [9.17, 15) is 0 Å². The third-order valence-electron chi connectivity index (χ3n) is 3.88. The van der Waals surface area contributed by atoms with E-state index in [1.54, 1.807) is 7.11 Å². The molecule has 0 unspecified atom stereocenters. The van der Waals surface area contributed by atoms with Crippen molar-refractivity contribution < 1.29 is 14.2 Å². The van der Waals surface area contributed by atoms with E-state index in [4.69, 9.17) is 14.2 Å². The molecule has 24 heavy (non-hydrogen) atoms. The molecule has 0 aliphatic rings. The molecule has 2 aromatic rings. The molecule has 0 atom stereocenters. The van der Waals surface area contributed by atoms with Gasteiger partial charge in [-0.2, -0.15) is 0 Å². The molecule has 0 saturated heterocycles. The smallest absolute Gasteiger partial charge is 0.169 e. The number of methoxy groups -OCH3 is 1. The van der Waals surface area contributed by atoms with Crippen LogP contribution in [0.15, 0.2) is 30.3 Å². The van der Waals surface area contributed by atoms with Gasteiger partial charge in [0, 0.05) is 22.2 Å². The van der Waals surface area contributed by atoms with Crippen LogP contribution in [-0.2, 0) is 0 Å². The number of rotatable bonds is 11. The number of hydrogen-bond donors (Lipinski definition) is 0. The maximum Gasteiger partial charge on any atom is 0.169 e. The van der Waals surface area contributed by atoms with E-state index < -0.39 is 0 Å². The molecule has 0 fully saturated rings. The van der Waals surface area contributed by atoms with Crippen LogP contribution < -0.4 is 14.2 Å². The second-order valence-electron chi connectivity index (χ2n) is 5.75. The molecule has 2 aromatic carbocycles. The van der Waals surface area contributed by atoms with Crippen LogP contribution in [0.4, 0.5) is 0 Å². The largest absolute Gasteiger partial charge is 0.493 e. The summed E-state index contributed by atoms with van der Waals surface area (Å²) in [5, 5.41) is 3.19. The van der Waals surface area contributed by atoms with E-state index in [2.05, 4.69) is 35.0 Å². The van der Waals surface area contributed by atoms with Gasteiger partial charge in [0.1, 0.15) is 5.75 Å². The lowest BCUT2D eigenvalue weighted by molar-refractivity contribution is 0.290. The van der Waals surface area contributed by atoms with Crippen LogP contribution in [0.2, 0.25) is 0 Å². The van der Waals surface area contributed by atoms with Crippen molar-refractivity contribution in [3.8, 4) is 17.2 Å². The van der Waals surface area contributed by atoms with Crippen molar-refractivity contribution >= 4 is 26.7 Å². The lowest BCUT2D eigenvalue weighted by atomic mass is 10.1. The van der Waals surface area contributed by atoms with Gasteiger partial charge in [0.2, 0.25) is 0 Å². The average Bonchev–Trinajstić information content (AvgIpc) is 2.63. The summed E-state index contributed by atoms with van der Waals surface area (Å²) in [7, 11) is 1.67. The maximum absolute atomic E-state index is 6.05. The molecule has 0 heterocycles. The van der Waals surface area contributed by atoms with Crippen LogP contribution in [0.1, 0.15) is 39.0 Å². The third kappa shape index (κ3) is 5.04. The highest BCUT2D eigenvalue weighted by atomic mass is 79.9. The summed E-state index contributed by atoms with van der Waals surface area (Å²) < 4.78 is 17.5. The van der Waals surface area contributed by atoms with Crippen LogP contribution in [0.3, 0.4) is 0 Å². The molecular formula is C20H27BrO3. The lowest BCUT2D eigenvalue weighted by Gasteiger charge is -2.16. The van der Waals surface area contributed by atoms with Crippen molar-refractivity contribution in [3.05, 3.63) is 30.3 Å². The Morgan fingerprint density at radius 3 is 2.33 bits per heavy atom. The van der Waals surface area contributed by atoms with Crippen molar-refractivity contribution in [1.29, 1.82) is 0 Å². The third-order valence-corrected chi connectivity index (χ3v) is 4.44. The van der Waals surface area contributed by atoms with E-state index in [-0.39, 0.29) is 0 Å². The minimum Gasteiger partial charge on any atom is -0.493 e. The highest BCUT2D eigenvalue weighted by molar-refractivity contribution is 9.09. The van der Waals surface area contributed by atoms with Gasteiger partial charge < -0.3 is 14.2 Å². The van der Waals surface area contributed by atoms with Gasteiger partial charge in [-0.25, -0.2) is 0 Å². The Morgan fingerprint density at radius 1 is 0.875 bits per heavy atom. The Kier molecular flexibility index (Phi) is 8.23. The second kappa shape index (κ2) is 10.4. The SMILES string of the molecule is CCCOc1c(OC)cc(OCCCCCCBr)c2ccccc12. The molecule has 0 aliphatic carbocycles. The first-order valence-electron chi connectivity index (χ1n) is 8.73. The molecule has 3 nitrogen and oxygen atoms in total. The normalized spacial score (nSPS) is 10.8. The van der Waals surface area contributed by atoms with E-state index in [0.29, 0.717) is 6.61 Å². The first kappa shape index (κ1) is 18.9. The maximum atomic E-state index is 6.05. The zero-order chi connectivity index (χ0) is 17.2. The molecule has 2 rings (SSSR count). The molecule has 132 valence electrons. The Balaban J connectivity index is 2.17. The molecule has 0 radical (unpaired) electrons. The van der Waals surface area contributed by atoms with Gasteiger partial charge in [-0.3, -0.25) is 0 Å². The topological polar surface area (TPSA) is 27.7 Å². The molecule has 0 aliphatic heterocycles. The molecule has 0 amide bonds. The zero-order valence-corrected chi connectivity index (χ0v) is 16.2. The van der Waals surface area contributed by atoms with Gasteiger partial charge in [0.15, 0.2) is 11.5 Å². The standard InChI is InChI=1S/C20H27BrO3/c1-3-13-24-20-17-11-7-6-10-16(17)18(15-19(20)22-2)23-14-9-5-4-8-12-21/h6-7,10-11,15H,3-5,8-9,12-14H2,1-2H3. The fraction of sp³-hybridized carbons (Fsp3) is 0.500. The summed E-state index contributed by atoms with van der Waals surface area (Å²) in [6.07, 6.45) is 5.68. The molecule has 0 N–H and O–H groups in total. The summed E-state index contributed by atoms with van der Waals surface area (Å²) in [5.41, 5.74) is 0. The predicted octanol–water partition coefficient (Wildman–Crippen LogP) is 5.97. The molecule has 0 bridgehead atoms. The van der Waals surface area contributed by atoms with Crippen LogP contribution in [0.5, 0.6) is 17.2 Å². The number of halogens is 1. The Hall–Kier alpha value is -1.42. The molecule has 0 aromatic heterocycles. The quantitative estimate of drug-likeness (QED) is 0.347. The predicted molar refractivity (Wildman–Crippen MR) is 104 cm³/mol. The van der Waals surface area contributed by atoms with Crippen molar-refractivity contribution in [2.24, 2.45) is 0 Å². The van der Waals surface area contributed by atoms with Crippen molar-refractivity contribution in [1.82, 2.24) is 0 Å². The van der Waals surface area contributed by atoms with E-state index in [1.165, 1.54) is 19.3 Å². The Bertz CT molecular complexity index is 628. The van der Waals surface area contributed by atoms with E-state index in [1.807, 2.05) is 18.2 Å². The van der Waals surface area contributed by atoms with Gasteiger partial charge in [-0.1, -0.05) is 60.0 Å². The first-order valence-corrected chi connectivity index (χ1v) is 9.85. The van der Waals surface area contributed by atoms with Crippen LogP contribution in [0.25, 0.3) is 10.8 Å². The minimum atomic E-state index is 0.675. The average molecular weight is 395 g/mol. The fourth-order valence-corrected chi connectivity index (χ4v) is 3.04. The fourth-order valence-electron chi connectivity index (χ4n) is 2.65. The summed E-state index contributed by atoms with van der Waals surface area (Å²) in [5.74, 6) is 2.41.